The molecule has 1 aliphatic heterocycles. The molecule has 1 unspecified atom stereocenters. The number of nitrogens with one attached hydrogen (secondary N) is 1. The van der Waals surface area contributed by atoms with Gasteiger partial charge in [-0.15, -0.1) is 11.3 Å². The number of amides is 1. The van der Waals surface area contributed by atoms with Crippen LogP contribution >= 0.6 is 11.3 Å². The maximum absolute atomic E-state index is 12.9. The molecule has 1 aliphatic rings. The number of piperidine rings is 1. The number of carbonyl (C=O) groups is 1. The number of sulfonamides is 1. The predicted molar refractivity (Wildman–Crippen MR) is 104 cm³/mol. The minimum absolute atomic E-state index is 0.124. The molecule has 140 valence electrons. The van der Waals surface area contributed by atoms with Crippen molar-refractivity contribution < 1.29 is 13.2 Å². The van der Waals surface area contributed by atoms with E-state index in [4.69, 9.17) is 0 Å². The summed E-state index contributed by atoms with van der Waals surface area (Å²) < 4.78 is 27.4. The van der Waals surface area contributed by atoms with Crippen molar-refractivity contribution in [2.45, 2.75) is 44.0 Å². The van der Waals surface area contributed by atoms with Crippen molar-refractivity contribution in [3.63, 3.8) is 0 Å². The SMILES string of the molecule is Cc1ccccc1C(C)NC(=O)c1sccc1S(=O)(=O)N1CCCCC1. The molecular weight excluding hydrogens is 368 g/mol. The summed E-state index contributed by atoms with van der Waals surface area (Å²) in [5.74, 6) is -0.341. The van der Waals surface area contributed by atoms with Crippen LogP contribution in [0, 0.1) is 6.92 Å². The Kier molecular flexibility index (Phi) is 5.79. The fourth-order valence-electron chi connectivity index (χ4n) is 3.32. The van der Waals surface area contributed by atoms with E-state index >= 15 is 0 Å². The average molecular weight is 393 g/mol. The van der Waals surface area contributed by atoms with Gasteiger partial charge in [-0.3, -0.25) is 4.79 Å². The fourth-order valence-corrected chi connectivity index (χ4v) is 6.14. The van der Waals surface area contributed by atoms with Crippen LogP contribution in [0.2, 0.25) is 0 Å². The Hall–Kier alpha value is -1.70. The maximum atomic E-state index is 12.9. The van der Waals surface area contributed by atoms with Crippen molar-refractivity contribution in [3.05, 3.63) is 51.7 Å². The first-order valence-corrected chi connectivity index (χ1v) is 11.2. The Labute approximate surface area is 159 Å². The minimum Gasteiger partial charge on any atom is -0.345 e. The molecule has 1 aromatic carbocycles. The molecule has 2 heterocycles. The van der Waals surface area contributed by atoms with Gasteiger partial charge in [-0.25, -0.2) is 8.42 Å². The summed E-state index contributed by atoms with van der Waals surface area (Å²) in [6.45, 7) is 4.96. The van der Waals surface area contributed by atoms with Crippen molar-refractivity contribution in [1.82, 2.24) is 9.62 Å². The minimum atomic E-state index is -3.62. The van der Waals surface area contributed by atoms with Crippen LogP contribution < -0.4 is 5.32 Å². The molecule has 1 fully saturated rings. The lowest BCUT2D eigenvalue weighted by Gasteiger charge is -2.26. The predicted octanol–water partition coefficient (Wildman–Crippen LogP) is 3.72. The summed E-state index contributed by atoms with van der Waals surface area (Å²) >= 11 is 1.17. The van der Waals surface area contributed by atoms with E-state index < -0.39 is 10.0 Å². The van der Waals surface area contributed by atoms with Gasteiger partial charge in [-0.05, 0) is 49.3 Å². The van der Waals surface area contributed by atoms with Crippen molar-refractivity contribution >= 4 is 27.3 Å². The van der Waals surface area contributed by atoms with E-state index in [1.165, 1.54) is 15.6 Å². The molecule has 0 bridgehead atoms. The van der Waals surface area contributed by atoms with Gasteiger partial charge >= 0.3 is 0 Å². The second kappa shape index (κ2) is 7.90. The van der Waals surface area contributed by atoms with E-state index in [9.17, 15) is 13.2 Å². The van der Waals surface area contributed by atoms with Crippen LogP contribution in [0.3, 0.4) is 0 Å². The van der Waals surface area contributed by atoms with E-state index in [1.54, 1.807) is 11.4 Å². The zero-order valence-corrected chi connectivity index (χ0v) is 16.7. The van der Waals surface area contributed by atoms with Gasteiger partial charge in [0.05, 0.1) is 6.04 Å². The number of thiophene rings is 1. The highest BCUT2D eigenvalue weighted by Gasteiger charge is 2.31. The van der Waals surface area contributed by atoms with Gasteiger partial charge in [0.2, 0.25) is 10.0 Å². The van der Waals surface area contributed by atoms with Gasteiger partial charge in [0.25, 0.3) is 5.91 Å². The third-order valence-corrected chi connectivity index (χ3v) is 7.75. The molecule has 2 aromatic rings. The van der Waals surface area contributed by atoms with E-state index in [1.807, 2.05) is 38.1 Å². The molecule has 1 saturated heterocycles. The highest BCUT2D eigenvalue weighted by atomic mass is 32.2. The normalized spacial score (nSPS) is 17.0. The van der Waals surface area contributed by atoms with Gasteiger partial charge in [0.1, 0.15) is 9.77 Å². The Morgan fingerprint density at radius 2 is 1.85 bits per heavy atom. The molecule has 0 spiro atoms. The topological polar surface area (TPSA) is 66.5 Å². The van der Waals surface area contributed by atoms with Crippen molar-refractivity contribution in [2.75, 3.05) is 13.1 Å². The zero-order chi connectivity index (χ0) is 18.7. The lowest BCUT2D eigenvalue weighted by molar-refractivity contribution is 0.0940. The van der Waals surface area contributed by atoms with Gasteiger partial charge < -0.3 is 5.32 Å². The molecule has 1 N–H and O–H groups in total. The molecule has 1 atom stereocenters. The van der Waals surface area contributed by atoms with Crippen molar-refractivity contribution in [3.8, 4) is 0 Å². The summed E-state index contributed by atoms with van der Waals surface area (Å²) in [4.78, 5) is 13.2. The molecule has 3 rings (SSSR count). The van der Waals surface area contributed by atoms with Crippen LogP contribution in [0.15, 0.2) is 40.6 Å². The standard InChI is InChI=1S/C19H24N2O3S2/c1-14-8-4-5-9-16(14)15(2)20-19(22)18-17(10-13-25-18)26(23,24)21-11-6-3-7-12-21/h4-5,8-10,13,15H,3,6-7,11-12H2,1-2H3,(H,20,22). The molecule has 7 heteroatoms. The lowest BCUT2D eigenvalue weighted by atomic mass is 10.0. The van der Waals surface area contributed by atoms with E-state index in [-0.39, 0.29) is 21.7 Å². The van der Waals surface area contributed by atoms with E-state index in [0.717, 1.165) is 30.4 Å². The molecule has 5 nitrogen and oxygen atoms in total. The van der Waals surface area contributed by atoms with Gasteiger partial charge in [-0.2, -0.15) is 4.31 Å². The molecule has 26 heavy (non-hydrogen) atoms. The zero-order valence-electron chi connectivity index (χ0n) is 15.1. The van der Waals surface area contributed by atoms with Crippen molar-refractivity contribution in [1.29, 1.82) is 0 Å². The summed E-state index contributed by atoms with van der Waals surface area (Å²) in [5.41, 5.74) is 2.12. The molecule has 0 saturated carbocycles. The summed E-state index contributed by atoms with van der Waals surface area (Å²) in [5, 5.41) is 4.61. The summed E-state index contributed by atoms with van der Waals surface area (Å²) in [6.07, 6.45) is 2.79. The monoisotopic (exact) mass is 392 g/mol. The van der Waals surface area contributed by atoms with Crippen LogP contribution in [-0.2, 0) is 10.0 Å². The lowest BCUT2D eigenvalue weighted by Crippen LogP contribution is -2.36. The number of aryl methyl sites for hydroxylation is 1. The van der Waals surface area contributed by atoms with Crippen LogP contribution in [-0.4, -0.2) is 31.7 Å². The van der Waals surface area contributed by atoms with Crippen LogP contribution in [0.1, 0.15) is 53.0 Å². The number of carbonyl (C=O) groups excluding carboxylic acids is 1. The summed E-state index contributed by atoms with van der Waals surface area (Å²) in [6, 6.07) is 9.20. The van der Waals surface area contributed by atoms with Gasteiger partial charge in [0.15, 0.2) is 0 Å². The fraction of sp³-hybridized carbons (Fsp3) is 0.421. The molecule has 0 aliphatic carbocycles. The Morgan fingerprint density at radius 3 is 2.54 bits per heavy atom. The Bertz CT molecular complexity index is 884. The first kappa shape index (κ1) is 19.1. The smallest absolute Gasteiger partial charge is 0.263 e. The molecule has 1 aromatic heterocycles. The highest BCUT2D eigenvalue weighted by molar-refractivity contribution is 7.89. The van der Waals surface area contributed by atoms with Crippen LogP contribution in [0.5, 0.6) is 0 Å². The molecule has 0 radical (unpaired) electrons. The first-order chi connectivity index (χ1) is 12.4. The third kappa shape index (κ3) is 3.84. The largest absolute Gasteiger partial charge is 0.345 e. The average Bonchev–Trinajstić information content (AvgIpc) is 3.13. The highest BCUT2D eigenvalue weighted by Crippen LogP contribution is 2.28. The molecular formula is C19H24N2O3S2. The number of rotatable bonds is 5. The van der Waals surface area contributed by atoms with Crippen molar-refractivity contribution in [2.24, 2.45) is 0 Å². The molecule has 1 amide bonds. The Balaban J connectivity index is 1.81. The van der Waals surface area contributed by atoms with Gasteiger partial charge in [0, 0.05) is 13.1 Å². The van der Waals surface area contributed by atoms with E-state index in [0.29, 0.717) is 13.1 Å². The first-order valence-electron chi connectivity index (χ1n) is 8.85. The number of benzene rings is 1. The number of nitrogens with zero attached hydrogens (tertiary/aromatic N) is 1. The quantitative estimate of drug-likeness (QED) is 0.843. The van der Waals surface area contributed by atoms with Crippen LogP contribution in [0.25, 0.3) is 0 Å². The van der Waals surface area contributed by atoms with E-state index in [2.05, 4.69) is 5.32 Å². The Morgan fingerprint density at radius 1 is 1.15 bits per heavy atom. The second-order valence-electron chi connectivity index (χ2n) is 6.63. The number of hydrogen-bond donors (Lipinski definition) is 1. The van der Waals surface area contributed by atoms with Gasteiger partial charge in [-0.1, -0.05) is 30.7 Å². The second-order valence-corrected chi connectivity index (χ2v) is 9.45. The van der Waals surface area contributed by atoms with Crippen LogP contribution in [0.4, 0.5) is 0 Å². The third-order valence-electron chi connectivity index (χ3n) is 4.77. The maximum Gasteiger partial charge on any atom is 0.263 e. The number of hydrogen-bond acceptors (Lipinski definition) is 4. The summed E-state index contributed by atoms with van der Waals surface area (Å²) in [7, 11) is -3.62.